The van der Waals surface area contributed by atoms with Crippen molar-refractivity contribution < 1.29 is 28.9 Å². The molecule has 0 aliphatic heterocycles. The quantitative estimate of drug-likeness (QED) is 0.111. The molecule has 10 heteroatoms. The molecule has 53 heavy (non-hydrogen) atoms. The van der Waals surface area contributed by atoms with Gasteiger partial charge in [-0.05, 0) is 96.4 Å². The van der Waals surface area contributed by atoms with Crippen molar-refractivity contribution in [2.75, 3.05) is 19.0 Å². The number of aliphatic hydroxyl groups is 1. The molecule has 1 aromatic heterocycles. The number of halogens is 1. The van der Waals surface area contributed by atoms with Gasteiger partial charge in [0.15, 0.2) is 17.4 Å². The van der Waals surface area contributed by atoms with E-state index in [1.807, 2.05) is 36.7 Å². The first kappa shape index (κ1) is 37.8. The van der Waals surface area contributed by atoms with Crippen molar-refractivity contribution in [3.63, 3.8) is 0 Å². The maximum atomic E-state index is 14.0. The average Bonchev–Trinajstić information content (AvgIpc) is 3.18. The van der Waals surface area contributed by atoms with Crippen LogP contribution in [0.2, 0.25) is 0 Å². The number of aliphatic carboxylic acids is 1. The molecule has 3 aromatic carbocycles. The first-order valence-electron chi connectivity index (χ1n) is 18.7. The van der Waals surface area contributed by atoms with Gasteiger partial charge in [0.05, 0.1) is 20.1 Å². The topological polar surface area (TPSA) is 125 Å². The Bertz CT molecular complexity index is 1870. The molecule has 1 saturated carbocycles. The number of nitrogens with zero attached hydrogens (tertiary/aromatic N) is 3. The van der Waals surface area contributed by atoms with Crippen LogP contribution in [-0.2, 0) is 22.6 Å². The molecule has 3 N–H and O–H groups in total. The second-order valence-corrected chi connectivity index (χ2v) is 14.4. The summed E-state index contributed by atoms with van der Waals surface area (Å²) >= 11 is 0. The summed E-state index contributed by atoms with van der Waals surface area (Å²) in [6, 6.07) is 18.5. The molecule has 1 fully saturated rings. The zero-order chi connectivity index (χ0) is 37.3. The molecule has 2 aliphatic rings. The largest absolute Gasteiger partial charge is 0.494 e. The minimum Gasteiger partial charge on any atom is -0.494 e. The van der Waals surface area contributed by atoms with E-state index in [1.165, 1.54) is 68.2 Å². The summed E-state index contributed by atoms with van der Waals surface area (Å²) in [7, 11) is 1.37. The molecule has 9 nitrogen and oxygen atoms in total. The van der Waals surface area contributed by atoms with Gasteiger partial charge in [-0.3, -0.25) is 14.5 Å². The average molecular weight is 721 g/mol. The van der Waals surface area contributed by atoms with E-state index in [9.17, 15) is 24.2 Å². The summed E-state index contributed by atoms with van der Waals surface area (Å²) in [5, 5.41) is 23.6. The van der Waals surface area contributed by atoms with Gasteiger partial charge in [-0.25, -0.2) is 14.4 Å². The van der Waals surface area contributed by atoms with Gasteiger partial charge in [0.1, 0.15) is 6.23 Å². The molecule has 1 amide bonds. The summed E-state index contributed by atoms with van der Waals surface area (Å²) in [4.78, 5) is 35.1. The zero-order valence-electron chi connectivity index (χ0n) is 30.5. The van der Waals surface area contributed by atoms with Crippen LogP contribution in [-0.4, -0.2) is 50.6 Å². The highest BCUT2D eigenvalue weighted by Gasteiger charge is 2.28. The predicted molar refractivity (Wildman–Crippen MR) is 203 cm³/mol. The number of hydrogen-bond acceptors (Lipinski definition) is 7. The molecule has 278 valence electrons. The number of allylic oxidation sites excluding steroid dienone is 2. The molecule has 0 saturated heterocycles. The Morgan fingerprint density at radius 3 is 2.23 bits per heavy atom. The van der Waals surface area contributed by atoms with E-state index in [4.69, 9.17) is 4.74 Å². The lowest BCUT2D eigenvalue weighted by molar-refractivity contribution is -0.142. The fraction of sp³-hybridized carbons (Fsp3) is 0.395. The Morgan fingerprint density at radius 2 is 1.62 bits per heavy atom. The van der Waals surface area contributed by atoms with E-state index < -0.39 is 18.0 Å². The van der Waals surface area contributed by atoms with Gasteiger partial charge in [0, 0.05) is 35.8 Å². The summed E-state index contributed by atoms with van der Waals surface area (Å²) in [6.07, 6.45) is 15.3. The number of nitrogens with one attached hydrogen (secondary N) is 1. The van der Waals surface area contributed by atoms with Crippen molar-refractivity contribution in [3.05, 3.63) is 113 Å². The molecule has 0 spiro atoms. The Kier molecular flexibility index (Phi) is 12.6. The Morgan fingerprint density at radius 1 is 0.925 bits per heavy atom. The van der Waals surface area contributed by atoms with Crippen LogP contribution < -0.4 is 10.1 Å². The number of benzene rings is 3. The minimum atomic E-state index is -1.21. The molecule has 4 aromatic rings. The molecule has 2 atom stereocenters. The lowest BCUT2D eigenvalue weighted by Gasteiger charge is -2.35. The molecule has 0 radical (unpaired) electrons. The van der Waals surface area contributed by atoms with Gasteiger partial charge >= 0.3 is 5.97 Å². The zero-order valence-corrected chi connectivity index (χ0v) is 30.5. The lowest BCUT2D eigenvalue weighted by Crippen LogP contribution is -2.33. The summed E-state index contributed by atoms with van der Waals surface area (Å²) < 4.78 is 18.9. The van der Waals surface area contributed by atoms with Gasteiger partial charge in [0.2, 0.25) is 5.91 Å². The fourth-order valence-electron chi connectivity index (χ4n) is 7.81. The number of carbonyl (C=O) groups excluding carboxylic acids is 1. The first-order valence-corrected chi connectivity index (χ1v) is 18.7. The minimum absolute atomic E-state index is 0.0353. The third-order valence-corrected chi connectivity index (χ3v) is 11.0. The molecule has 6 rings (SSSR count). The summed E-state index contributed by atoms with van der Waals surface area (Å²) in [5.74, 6) is 1.37. The number of rotatable bonds is 14. The van der Waals surface area contributed by atoms with E-state index in [1.54, 1.807) is 30.3 Å². The normalized spacial score (nSPS) is 19.3. The number of aliphatic hydroxyl groups excluding tert-OH is 1. The number of carbonyl (C=O) groups is 2. The molecule has 2 aliphatic carbocycles. The molecule has 0 bridgehead atoms. The van der Waals surface area contributed by atoms with Gasteiger partial charge in [-0.15, -0.1) is 0 Å². The highest BCUT2D eigenvalue weighted by molar-refractivity contribution is 5.92. The molecule has 1 heterocycles. The standard InChI is InChI=1S/C43H49FN4O5/c1-3-28-4-9-31(10-5-28)32-13-15-33(16-14-32)36-24-45-42(46-25-36)34-11-6-29(7-12-34)26-48(27-41(50)51)43(52)35-17-19-37(20-18-35)47-40(49)23-30-8-21-39(53-2)38(44)22-30/h6-8,11-12,15,17-22,24-25,28,31-32,43,52H,3-5,9-10,13-14,16,23,26-27H2,1-2H3,(H,47,49)(H,50,51). The van der Waals surface area contributed by atoms with Gasteiger partial charge in [0.25, 0.3) is 0 Å². The Hall–Kier alpha value is -4.93. The summed E-state index contributed by atoms with van der Waals surface area (Å²) in [6.45, 7) is 2.11. The monoisotopic (exact) mass is 720 g/mol. The number of anilines is 1. The highest BCUT2D eigenvalue weighted by atomic mass is 19.1. The van der Waals surface area contributed by atoms with Crippen molar-refractivity contribution in [3.8, 4) is 17.1 Å². The number of methoxy groups -OCH3 is 1. The first-order chi connectivity index (χ1) is 25.7. The number of aromatic nitrogens is 2. The lowest BCUT2D eigenvalue weighted by atomic mass is 9.71. The van der Waals surface area contributed by atoms with E-state index >= 15 is 0 Å². The maximum absolute atomic E-state index is 14.0. The van der Waals surface area contributed by atoms with Crippen LogP contribution in [0.1, 0.15) is 86.8 Å². The number of carboxylic acids is 1. The van der Waals surface area contributed by atoms with Gasteiger partial charge in [-0.1, -0.05) is 74.7 Å². The van der Waals surface area contributed by atoms with Gasteiger partial charge in [-0.2, -0.15) is 0 Å². The fourth-order valence-corrected chi connectivity index (χ4v) is 7.81. The number of amides is 1. The van der Waals surface area contributed by atoms with Crippen LogP contribution in [0.25, 0.3) is 17.0 Å². The van der Waals surface area contributed by atoms with E-state index in [-0.39, 0.29) is 31.2 Å². The SMILES string of the molecule is CCC1CCC(C2CC=C(c3cnc(-c4ccc(CN(CC(=O)O)C(O)c5ccc(NC(=O)Cc6ccc(OC)c(F)c6)cc5)cc4)nc3)CC2)CC1. The van der Waals surface area contributed by atoms with Crippen LogP contribution in [0.15, 0.2) is 85.2 Å². The Balaban J connectivity index is 1.03. The second kappa shape index (κ2) is 17.7. The Labute approximate surface area is 311 Å². The van der Waals surface area contributed by atoms with Crippen molar-refractivity contribution in [2.45, 2.75) is 77.5 Å². The summed E-state index contributed by atoms with van der Waals surface area (Å²) in [5.41, 5.74) is 5.53. The van der Waals surface area contributed by atoms with Crippen LogP contribution in [0.3, 0.4) is 0 Å². The number of hydrogen-bond donors (Lipinski definition) is 3. The van der Waals surface area contributed by atoms with Crippen molar-refractivity contribution in [2.24, 2.45) is 17.8 Å². The van der Waals surface area contributed by atoms with Gasteiger partial charge < -0.3 is 20.3 Å². The van der Waals surface area contributed by atoms with Crippen LogP contribution >= 0.6 is 0 Å². The van der Waals surface area contributed by atoms with Crippen LogP contribution in [0, 0.1) is 23.6 Å². The maximum Gasteiger partial charge on any atom is 0.317 e. The highest BCUT2D eigenvalue weighted by Crippen LogP contribution is 2.41. The number of carboxylic acid groups (broad SMARTS) is 1. The third kappa shape index (κ3) is 9.94. The van der Waals surface area contributed by atoms with Crippen LogP contribution in [0.4, 0.5) is 10.1 Å². The van der Waals surface area contributed by atoms with Crippen molar-refractivity contribution in [1.82, 2.24) is 14.9 Å². The predicted octanol–water partition coefficient (Wildman–Crippen LogP) is 8.45. The molecule has 2 unspecified atom stereocenters. The van der Waals surface area contributed by atoms with Crippen molar-refractivity contribution in [1.29, 1.82) is 0 Å². The second-order valence-electron chi connectivity index (χ2n) is 14.4. The third-order valence-electron chi connectivity index (χ3n) is 11.0. The van der Waals surface area contributed by atoms with Crippen molar-refractivity contribution >= 4 is 23.1 Å². The van der Waals surface area contributed by atoms with E-state index in [0.717, 1.165) is 47.3 Å². The smallest absolute Gasteiger partial charge is 0.317 e. The number of ether oxygens (including phenoxy) is 1. The molecular formula is C43H49FN4O5. The molecular weight excluding hydrogens is 671 g/mol. The van der Waals surface area contributed by atoms with Crippen LogP contribution in [0.5, 0.6) is 5.75 Å². The van der Waals surface area contributed by atoms with E-state index in [2.05, 4.69) is 28.3 Å². The van der Waals surface area contributed by atoms with E-state index in [0.29, 0.717) is 22.6 Å².